The average Bonchev–Trinajstić information content (AvgIpc) is 3.11. The Balaban J connectivity index is 1.86. The number of aromatic nitrogens is 3. The van der Waals surface area contributed by atoms with Crippen LogP contribution in [0.3, 0.4) is 0 Å². The number of hydrogen-bond donors (Lipinski definition) is 1. The summed E-state index contributed by atoms with van der Waals surface area (Å²) in [5.41, 5.74) is 2.56. The van der Waals surface area contributed by atoms with Gasteiger partial charge in [0.05, 0.1) is 17.9 Å². The first-order valence-corrected chi connectivity index (χ1v) is 8.37. The summed E-state index contributed by atoms with van der Waals surface area (Å²) in [6.07, 6.45) is 8.88. The molecule has 0 radical (unpaired) electrons. The zero-order valence-corrected chi connectivity index (χ0v) is 13.0. The molecule has 0 aromatic carbocycles. The van der Waals surface area contributed by atoms with Crippen LogP contribution in [0.4, 0.5) is 0 Å². The largest absolute Gasteiger partial charge is 0.304 e. The molecule has 0 bridgehead atoms. The van der Waals surface area contributed by atoms with Crippen molar-refractivity contribution in [1.29, 1.82) is 0 Å². The first-order chi connectivity index (χ1) is 9.81. The van der Waals surface area contributed by atoms with Gasteiger partial charge in [0.25, 0.3) is 0 Å². The molecule has 1 aliphatic rings. The summed E-state index contributed by atoms with van der Waals surface area (Å²) in [5.74, 6) is 0. The standard InChI is InChI=1S/C15H22N4S/c1-3-8-19-10-11(9-17-19)14(16-4-2)15-18-12-6-5-7-13(12)20-15/h9-10,14,16H,3-8H2,1-2H3. The highest BCUT2D eigenvalue weighted by Gasteiger charge is 2.23. The molecule has 0 saturated carbocycles. The number of rotatable bonds is 6. The van der Waals surface area contributed by atoms with Gasteiger partial charge in [-0.1, -0.05) is 13.8 Å². The third kappa shape index (κ3) is 2.65. The van der Waals surface area contributed by atoms with Gasteiger partial charge in [0.1, 0.15) is 5.01 Å². The van der Waals surface area contributed by atoms with Crippen LogP contribution in [0.15, 0.2) is 12.4 Å². The molecule has 0 spiro atoms. The molecule has 1 N–H and O–H groups in total. The maximum Gasteiger partial charge on any atom is 0.115 e. The Kier molecular flexibility index (Phi) is 4.17. The van der Waals surface area contributed by atoms with E-state index in [0.29, 0.717) is 0 Å². The minimum atomic E-state index is 0.196. The molecule has 1 unspecified atom stereocenters. The van der Waals surface area contributed by atoms with Crippen molar-refractivity contribution in [2.45, 2.75) is 52.1 Å². The van der Waals surface area contributed by atoms with Crippen LogP contribution >= 0.6 is 11.3 Å². The van der Waals surface area contributed by atoms with E-state index in [4.69, 9.17) is 4.98 Å². The van der Waals surface area contributed by atoms with E-state index < -0.39 is 0 Å². The molecular weight excluding hydrogens is 268 g/mol. The zero-order chi connectivity index (χ0) is 13.9. The lowest BCUT2D eigenvalue weighted by Crippen LogP contribution is -2.21. The second-order valence-corrected chi connectivity index (χ2v) is 6.42. The predicted molar refractivity (Wildman–Crippen MR) is 82.2 cm³/mol. The lowest BCUT2D eigenvalue weighted by atomic mass is 10.1. The SMILES string of the molecule is CCCn1cc(C(NCC)c2nc3c(s2)CCC3)cn1. The first-order valence-electron chi connectivity index (χ1n) is 7.56. The highest BCUT2D eigenvalue weighted by molar-refractivity contribution is 7.11. The fourth-order valence-electron chi connectivity index (χ4n) is 2.77. The van der Waals surface area contributed by atoms with Gasteiger partial charge in [-0.2, -0.15) is 5.10 Å². The van der Waals surface area contributed by atoms with Gasteiger partial charge < -0.3 is 5.32 Å². The second-order valence-electron chi connectivity index (χ2n) is 5.30. The van der Waals surface area contributed by atoms with Gasteiger partial charge in [-0.15, -0.1) is 11.3 Å². The van der Waals surface area contributed by atoms with Crippen molar-refractivity contribution in [3.05, 3.63) is 33.5 Å². The Labute approximate surface area is 124 Å². The van der Waals surface area contributed by atoms with Crippen LogP contribution in [-0.4, -0.2) is 21.3 Å². The Morgan fingerprint density at radius 2 is 2.30 bits per heavy atom. The molecule has 2 heterocycles. The topological polar surface area (TPSA) is 42.7 Å². The van der Waals surface area contributed by atoms with E-state index in [-0.39, 0.29) is 6.04 Å². The van der Waals surface area contributed by atoms with Crippen molar-refractivity contribution in [3.63, 3.8) is 0 Å². The molecule has 108 valence electrons. The number of fused-ring (bicyclic) bond motifs is 1. The monoisotopic (exact) mass is 290 g/mol. The molecular formula is C15H22N4S. The van der Waals surface area contributed by atoms with Crippen LogP contribution in [0.25, 0.3) is 0 Å². The molecule has 0 aliphatic heterocycles. The summed E-state index contributed by atoms with van der Waals surface area (Å²) in [7, 11) is 0. The van der Waals surface area contributed by atoms with Crippen LogP contribution in [0.2, 0.25) is 0 Å². The summed E-state index contributed by atoms with van der Waals surface area (Å²) in [6, 6.07) is 0.196. The van der Waals surface area contributed by atoms with E-state index in [0.717, 1.165) is 25.9 Å². The normalized spacial score (nSPS) is 15.5. The zero-order valence-electron chi connectivity index (χ0n) is 12.2. The molecule has 1 aliphatic carbocycles. The third-order valence-electron chi connectivity index (χ3n) is 3.71. The second kappa shape index (κ2) is 6.06. The molecule has 0 saturated heterocycles. The smallest absolute Gasteiger partial charge is 0.115 e. The van der Waals surface area contributed by atoms with Crippen LogP contribution in [0, 0.1) is 0 Å². The van der Waals surface area contributed by atoms with E-state index in [9.17, 15) is 0 Å². The summed E-state index contributed by atoms with van der Waals surface area (Å²) in [6.45, 7) is 6.24. The molecule has 3 rings (SSSR count). The van der Waals surface area contributed by atoms with Gasteiger partial charge in [-0.25, -0.2) is 4.98 Å². The lowest BCUT2D eigenvalue weighted by Gasteiger charge is -2.13. The van der Waals surface area contributed by atoms with E-state index in [2.05, 4.69) is 30.5 Å². The number of hydrogen-bond acceptors (Lipinski definition) is 4. The number of aryl methyl sites for hydroxylation is 3. The number of nitrogens with one attached hydrogen (secondary N) is 1. The maximum absolute atomic E-state index is 4.86. The molecule has 5 heteroatoms. The van der Waals surface area contributed by atoms with Gasteiger partial charge in [0.15, 0.2) is 0 Å². The maximum atomic E-state index is 4.86. The average molecular weight is 290 g/mol. The van der Waals surface area contributed by atoms with Crippen molar-refractivity contribution in [3.8, 4) is 0 Å². The van der Waals surface area contributed by atoms with Gasteiger partial charge >= 0.3 is 0 Å². The highest BCUT2D eigenvalue weighted by Crippen LogP contribution is 2.33. The lowest BCUT2D eigenvalue weighted by molar-refractivity contribution is 0.596. The van der Waals surface area contributed by atoms with Gasteiger partial charge in [-0.3, -0.25) is 4.68 Å². The predicted octanol–water partition coefficient (Wildman–Crippen LogP) is 2.94. The minimum Gasteiger partial charge on any atom is -0.304 e. The van der Waals surface area contributed by atoms with Gasteiger partial charge in [-0.05, 0) is 32.2 Å². The molecule has 4 nitrogen and oxygen atoms in total. The van der Waals surface area contributed by atoms with E-state index >= 15 is 0 Å². The summed E-state index contributed by atoms with van der Waals surface area (Å²) in [5, 5.41) is 9.21. The van der Waals surface area contributed by atoms with Crippen LogP contribution in [-0.2, 0) is 19.4 Å². The van der Waals surface area contributed by atoms with Crippen molar-refractivity contribution in [2.75, 3.05) is 6.54 Å². The Hall–Kier alpha value is -1.20. The Morgan fingerprint density at radius 3 is 3.05 bits per heavy atom. The number of nitrogens with zero attached hydrogens (tertiary/aromatic N) is 3. The summed E-state index contributed by atoms with van der Waals surface area (Å²) in [4.78, 5) is 6.35. The van der Waals surface area contributed by atoms with E-state index in [1.165, 1.54) is 34.0 Å². The fourth-order valence-corrected chi connectivity index (χ4v) is 4.02. The van der Waals surface area contributed by atoms with E-state index in [1.54, 1.807) is 0 Å². The highest BCUT2D eigenvalue weighted by atomic mass is 32.1. The van der Waals surface area contributed by atoms with Gasteiger partial charge in [0, 0.05) is 23.2 Å². The van der Waals surface area contributed by atoms with Crippen molar-refractivity contribution < 1.29 is 0 Å². The third-order valence-corrected chi connectivity index (χ3v) is 4.93. The van der Waals surface area contributed by atoms with Crippen LogP contribution in [0.1, 0.15) is 53.9 Å². The number of thiazole rings is 1. The molecule has 2 aromatic heterocycles. The van der Waals surface area contributed by atoms with Gasteiger partial charge in [0.2, 0.25) is 0 Å². The first kappa shape index (κ1) is 13.8. The Bertz CT molecular complexity index is 551. The summed E-state index contributed by atoms with van der Waals surface area (Å²) >= 11 is 1.88. The van der Waals surface area contributed by atoms with Crippen molar-refractivity contribution in [1.82, 2.24) is 20.1 Å². The fraction of sp³-hybridized carbons (Fsp3) is 0.600. The molecule has 2 aromatic rings. The summed E-state index contributed by atoms with van der Waals surface area (Å²) < 4.78 is 2.03. The van der Waals surface area contributed by atoms with E-state index in [1.807, 2.05) is 22.2 Å². The molecule has 1 atom stereocenters. The quantitative estimate of drug-likeness (QED) is 0.889. The molecule has 20 heavy (non-hydrogen) atoms. The van der Waals surface area contributed by atoms with Crippen LogP contribution < -0.4 is 5.32 Å². The van der Waals surface area contributed by atoms with Crippen LogP contribution in [0.5, 0.6) is 0 Å². The van der Waals surface area contributed by atoms with Crippen molar-refractivity contribution >= 4 is 11.3 Å². The molecule has 0 fully saturated rings. The Morgan fingerprint density at radius 1 is 1.40 bits per heavy atom. The minimum absolute atomic E-state index is 0.196. The van der Waals surface area contributed by atoms with Crippen molar-refractivity contribution in [2.24, 2.45) is 0 Å². The molecule has 0 amide bonds.